The SMILES string of the molecule is COc1cc(Nc2nccc(C(C)(C)c3cc(C)[nH]n3)n2)ccc1-n1cnc(C)c1. The van der Waals surface area contributed by atoms with Gasteiger partial charge in [0.1, 0.15) is 5.75 Å². The highest BCUT2D eigenvalue weighted by Crippen LogP contribution is 2.31. The van der Waals surface area contributed by atoms with Crippen LogP contribution in [0.1, 0.15) is 36.6 Å². The summed E-state index contributed by atoms with van der Waals surface area (Å²) in [7, 11) is 1.65. The summed E-state index contributed by atoms with van der Waals surface area (Å²) in [4.78, 5) is 13.4. The second-order valence-corrected chi connectivity index (χ2v) is 7.76. The quantitative estimate of drug-likeness (QED) is 0.504. The standard InChI is InChI=1S/C22H25N7O/c1-14-10-20(28-27-14)22(3,4)19-8-9-23-21(26-19)25-16-6-7-17(18(11-16)30-5)29-12-15(2)24-13-29/h6-13H,1-5H3,(H,27,28)(H,23,25,26). The Morgan fingerprint density at radius 3 is 2.57 bits per heavy atom. The molecule has 2 N–H and O–H groups in total. The molecule has 0 bridgehead atoms. The van der Waals surface area contributed by atoms with E-state index in [9.17, 15) is 0 Å². The van der Waals surface area contributed by atoms with Gasteiger partial charge in [0.05, 0.1) is 41.6 Å². The van der Waals surface area contributed by atoms with Crippen molar-refractivity contribution in [3.63, 3.8) is 0 Å². The molecule has 154 valence electrons. The minimum atomic E-state index is -0.356. The maximum absolute atomic E-state index is 5.58. The van der Waals surface area contributed by atoms with Crippen molar-refractivity contribution in [1.29, 1.82) is 0 Å². The van der Waals surface area contributed by atoms with Gasteiger partial charge in [0.2, 0.25) is 5.95 Å². The zero-order valence-corrected chi connectivity index (χ0v) is 17.8. The fourth-order valence-electron chi connectivity index (χ4n) is 3.29. The van der Waals surface area contributed by atoms with E-state index in [0.717, 1.165) is 39.9 Å². The zero-order chi connectivity index (χ0) is 21.3. The van der Waals surface area contributed by atoms with Crippen molar-refractivity contribution in [2.24, 2.45) is 0 Å². The van der Waals surface area contributed by atoms with Crippen molar-refractivity contribution >= 4 is 11.6 Å². The number of hydrogen-bond acceptors (Lipinski definition) is 6. The van der Waals surface area contributed by atoms with E-state index in [1.165, 1.54) is 0 Å². The zero-order valence-electron chi connectivity index (χ0n) is 17.8. The molecule has 4 rings (SSSR count). The molecular weight excluding hydrogens is 378 g/mol. The largest absolute Gasteiger partial charge is 0.494 e. The first-order valence-corrected chi connectivity index (χ1v) is 9.69. The van der Waals surface area contributed by atoms with Crippen molar-refractivity contribution in [3.8, 4) is 11.4 Å². The summed E-state index contributed by atoms with van der Waals surface area (Å²) in [6, 6.07) is 9.81. The molecule has 0 aliphatic heterocycles. The van der Waals surface area contributed by atoms with Crippen LogP contribution in [0.3, 0.4) is 0 Å². The molecule has 0 amide bonds. The Bertz CT molecular complexity index is 1180. The molecule has 0 unspecified atom stereocenters. The lowest BCUT2D eigenvalue weighted by atomic mass is 9.85. The molecule has 0 saturated heterocycles. The number of ether oxygens (including phenoxy) is 1. The molecule has 30 heavy (non-hydrogen) atoms. The monoisotopic (exact) mass is 403 g/mol. The van der Waals surface area contributed by atoms with Gasteiger partial charge in [-0.1, -0.05) is 0 Å². The summed E-state index contributed by atoms with van der Waals surface area (Å²) >= 11 is 0. The molecule has 0 aliphatic rings. The number of aromatic nitrogens is 6. The van der Waals surface area contributed by atoms with E-state index in [1.54, 1.807) is 19.6 Å². The van der Waals surface area contributed by atoms with Crippen LogP contribution >= 0.6 is 0 Å². The van der Waals surface area contributed by atoms with Gasteiger partial charge < -0.3 is 14.6 Å². The molecule has 0 atom stereocenters. The number of aromatic amines is 1. The number of anilines is 2. The third-order valence-electron chi connectivity index (χ3n) is 5.07. The number of aryl methyl sites for hydroxylation is 2. The number of nitrogens with zero attached hydrogens (tertiary/aromatic N) is 5. The van der Waals surface area contributed by atoms with E-state index in [4.69, 9.17) is 9.72 Å². The minimum Gasteiger partial charge on any atom is -0.494 e. The fraction of sp³-hybridized carbons (Fsp3) is 0.273. The Balaban J connectivity index is 1.61. The number of hydrogen-bond donors (Lipinski definition) is 2. The average molecular weight is 403 g/mol. The molecule has 0 aliphatic carbocycles. The van der Waals surface area contributed by atoms with Gasteiger partial charge in [-0.25, -0.2) is 15.0 Å². The van der Waals surface area contributed by atoms with Crippen LogP contribution in [0.2, 0.25) is 0 Å². The van der Waals surface area contributed by atoms with Gasteiger partial charge in [-0.2, -0.15) is 5.10 Å². The van der Waals surface area contributed by atoms with E-state index >= 15 is 0 Å². The summed E-state index contributed by atoms with van der Waals surface area (Å²) in [6.45, 7) is 8.13. The molecule has 0 radical (unpaired) electrons. The van der Waals surface area contributed by atoms with Crippen LogP contribution in [0.5, 0.6) is 5.75 Å². The second kappa shape index (κ2) is 7.62. The Hall–Kier alpha value is -3.68. The first-order valence-electron chi connectivity index (χ1n) is 9.69. The van der Waals surface area contributed by atoms with Gasteiger partial charge >= 0.3 is 0 Å². The van der Waals surface area contributed by atoms with Crippen molar-refractivity contribution in [2.45, 2.75) is 33.1 Å². The molecule has 0 spiro atoms. The van der Waals surface area contributed by atoms with Crippen LogP contribution in [0, 0.1) is 13.8 Å². The highest BCUT2D eigenvalue weighted by molar-refractivity contribution is 5.62. The normalized spacial score (nSPS) is 11.5. The van der Waals surface area contributed by atoms with Crippen LogP contribution < -0.4 is 10.1 Å². The lowest BCUT2D eigenvalue weighted by Crippen LogP contribution is -2.21. The van der Waals surface area contributed by atoms with Gasteiger partial charge in [-0.3, -0.25) is 5.10 Å². The number of methoxy groups -OCH3 is 1. The Morgan fingerprint density at radius 1 is 1.07 bits per heavy atom. The third-order valence-corrected chi connectivity index (χ3v) is 5.07. The summed E-state index contributed by atoms with van der Waals surface area (Å²) < 4.78 is 7.52. The van der Waals surface area contributed by atoms with Crippen molar-refractivity contribution in [1.82, 2.24) is 29.7 Å². The Morgan fingerprint density at radius 2 is 1.90 bits per heavy atom. The predicted molar refractivity (Wildman–Crippen MR) is 116 cm³/mol. The van der Waals surface area contributed by atoms with E-state index in [1.807, 2.05) is 54.9 Å². The Labute approximate surface area is 175 Å². The second-order valence-electron chi connectivity index (χ2n) is 7.76. The first-order chi connectivity index (χ1) is 14.4. The van der Waals surface area contributed by atoms with Gasteiger partial charge in [-0.15, -0.1) is 0 Å². The molecule has 0 fully saturated rings. The minimum absolute atomic E-state index is 0.356. The predicted octanol–water partition coefficient (Wildman–Crippen LogP) is 4.08. The fourth-order valence-corrected chi connectivity index (χ4v) is 3.29. The molecule has 0 saturated carbocycles. The molecule has 4 aromatic rings. The molecule has 8 heteroatoms. The number of imidazole rings is 1. The van der Waals surface area contributed by atoms with E-state index in [-0.39, 0.29) is 5.41 Å². The summed E-state index contributed by atoms with van der Waals surface area (Å²) in [6.07, 6.45) is 5.48. The molecule has 8 nitrogen and oxygen atoms in total. The number of nitrogens with one attached hydrogen (secondary N) is 2. The van der Waals surface area contributed by atoms with E-state index in [2.05, 4.69) is 39.3 Å². The lowest BCUT2D eigenvalue weighted by Gasteiger charge is -2.22. The molecule has 1 aromatic carbocycles. The van der Waals surface area contributed by atoms with Crippen LogP contribution in [0.25, 0.3) is 5.69 Å². The van der Waals surface area contributed by atoms with Crippen molar-refractivity contribution in [2.75, 3.05) is 12.4 Å². The maximum Gasteiger partial charge on any atom is 0.227 e. The highest BCUT2D eigenvalue weighted by Gasteiger charge is 2.28. The van der Waals surface area contributed by atoms with E-state index in [0.29, 0.717) is 5.95 Å². The van der Waals surface area contributed by atoms with Gasteiger partial charge in [-0.05, 0) is 52.0 Å². The third kappa shape index (κ3) is 3.76. The molecular formula is C22H25N7O. The number of benzene rings is 1. The number of rotatable bonds is 6. The summed E-state index contributed by atoms with van der Waals surface area (Å²) in [5.74, 6) is 1.24. The first kappa shape index (κ1) is 19.6. The molecule has 3 heterocycles. The Kier molecular flexibility index (Phi) is 4.99. The summed E-state index contributed by atoms with van der Waals surface area (Å²) in [5.41, 5.74) is 5.16. The number of H-pyrrole nitrogens is 1. The highest BCUT2D eigenvalue weighted by atomic mass is 16.5. The smallest absolute Gasteiger partial charge is 0.227 e. The molecule has 3 aromatic heterocycles. The van der Waals surface area contributed by atoms with Crippen LogP contribution in [0.4, 0.5) is 11.6 Å². The van der Waals surface area contributed by atoms with Gasteiger partial charge in [0, 0.05) is 29.8 Å². The average Bonchev–Trinajstić information content (AvgIpc) is 3.37. The van der Waals surface area contributed by atoms with Gasteiger partial charge in [0.25, 0.3) is 0 Å². The van der Waals surface area contributed by atoms with Crippen LogP contribution in [0.15, 0.2) is 49.1 Å². The van der Waals surface area contributed by atoms with Crippen LogP contribution in [-0.4, -0.2) is 36.8 Å². The maximum atomic E-state index is 5.58. The topological polar surface area (TPSA) is 93.5 Å². The van der Waals surface area contributed by atoms with E-state index < -0.39 is 0 Å². The van der Waals surface area contributed by atoms with Gasteiger partial charge in [0.15, 0.2) is 0 Å². The lowest BCUT2D eigenvalue weighted by molar-refractivity contribution is 0.413. The van der Waals surface area contributed by atoms with Crippen molar-refractivity contribution in [3.05, 3.63) is 71.8 Å². The van der Waals surface area contributed by atoms with Crippen LogP contribution in [-0.2, 0) is 5.41 Å². The van der Waals surface area contributed by atoms with Crippen molar-refractivity contribution < 1.29 is 4.74 Å². The summed E-state index contributed by atoms with van der Waals surface area (Å²) in [5, 5.41) is 10.7.